The highest BCUT2D eigenvalue weighted by atomic mass is 16.7. The number of H-pyrrole nitrogens is 1. The summed E-state index contributed by atoms with van der Waals surface area (Å²) in [6.45, 7) is 2.37. The number of rotatable bonds is 8. The molecule has 170 valence electrons. The Hall–Kier alpha value is -4.23. The third-order valence-electron chi connectivity index (χ3n) is 5.77. The summed E-state index contributed by atoms with van der Waals surface area (Å²) < 4.78 is 5.84. The minimum atomic E-state index is -0.897. The number of nitrogens with one attached hydrogen (secondary N) is 1. The smallest absolute Gasteiger partial charge is 0.256 e. The summed E-state index contributed by atoms with van der Waals surface area (Å²) in [6.07, 6.45) is 1.58. The van der Waals surface area contributed by atoms with E-state index in [0.717, 1.165) is 16.7 Å². The highest BCUT2D eigenvalue weighted by Crippen LogP contribution is 2.44. The lowest BCUT2D eigenvalue weighted by Crippen LogP contribution is -2.48. The molecule has 5 aromatic rings. The number of hydrogen-bond acceptors (Lipinski definition) is 6. The van der Waals surface area contributed by atoms with Gasteiger partial charge in [-0.1, -0.05) is 91.0 Å². The summed E-state index contributed by atoms with van der Waals surface area (Å²) in [5.74, 6) is 0.757. The van der Waals surface area contributed by atoms with Crippen LogP contribution in [0.15, 0.2) is 97.3 Å². The van der Waals surface area contributed by atoms with E-state index >= 15 is 0 Å². The lowest BCUT2D eigenvalue weighted by molar-refractivity contribution is 0.117. The van der Waals surface area contributed by atoms with E-state index in [2.05, 4.69) is 46.4 Å². The molecule has 0 spiro atoms. The Labute approximate surface area is 198 Å². The molecule has 0 bridgehead atoms. The van der Waals surface area contributed by atoms with Gasteiger partial charge in [-0.25, -0.2) is 4.98 Å². The Morgan fingerprint density at radius 1 is 0.794 bits per heavy atom. The molecule has 2 aromatic heterocycles. The summed E-state index contributed by atoms with van der Waals surface area (Å²) in [6, 6.07) is 30.6. The third-order valence-corrected chi connectivity index (χ3v) is 5.77. The molecule has 0 saturated carbocycles. The molecule has 0 aliphatic rings. The van der Waals surface area contributed by atoms with Gasteiger partial charge in [0.25, 0.3) is 5.95 Å². The highest BCUT2D eigenvalue weighted by Gasteiger charge is 2.45. The number of aromatic amines is 1. The van der Waals surface area contributed by atoms with Gasteiger partial charge in [-0.15, -0.1) is 0 Å². The average Bonchev–Trinajstić information content (AvgIpc) is 3.38. The molecule has 0 aliphatic heterocycles. The number of hydrogen-bond donors (Lipinski definition) is 1. The standard InChI is InChI=1S/C27H25N5O2/c1-3-34-25-23-24(29-19-28-23)30-26(31-25)32(33-2)27(20-13-7-4-8-14-20,21-15-9-5-10-16-21)22-17-11-6-12-18-22/h4-19H,3H2,1-2H3,(H,28,29,30,31). The van der Waals surface area contributed by atoms with Crippen molar-refractivity contribution in [3.8, 4) is 5.88 Å². The molecule has 34 heavy (non-hydrogen) atoms. The minimum absolute atomic E-state index is 0.335. The van der Waals surface area contributed by atoms with E-state index in [1.807, 2.05) is 61.5 Å². The Morgan fingerprint density at radius 2 is 1.32 bits per heavy atom. The zero-order valence-corrected chi connectivity index (χ0v) is 19.1. The van der Waals surface area contributed by atoms with Crippen LogP contribution in [0, 0.1) is 0 Å². The zero-order chi connectivity index (χ0) is 23.4. The van der Waals surface area contributed by atoms with E-state index in [0.29, 0.717) is 29.6 Å². The van der Waals surface area contributed by atoms with Gasteiger partial charge in [0.2, 0.25) is 5.88 Å². The van der Waals surface area contributed by atoms with Crippen molar-refractivity contribution in [3.05, 3.63) is 114 Å². The SMILES string of the molecule is CCOc1nc(N(OC)C(c2ccccc2)(c2ccccc2)c2ccccc2)nc2nc[nH]c12. The van der Waals surface area contributed by atoms with Crippen molar-refractivity contribution in [1.82, 2.24) is 19.9 Å². The molecule has 7 nitrogen and oxygen atoms in total. The second kappa shape index (κ2) is 9.33. The Balaban J connectivity index is 1.85. The molecule has 3 aromatic carbocycles. The molecular weight excluding hydrogens is 426 g/mol. The van der Waals surface area contributed by atoms with Crippen LogP contribution in [0.5, 0.6) is 5.88 Å². The number of fused-ring (bicyclic) bond motifs is 1. The second-order valence-corrected chi connectivity index (χ2v) is 7.65. The van der Waals surface area contributed by atoms with Crippen LogP contribution < -0.4 is 9.80 Å². The number of ether oxygens (including phenoxy) is 1. The highest BCUT2D eigenvalue weighted by molar-refractivity contribution is 5.77. The van der Waals surface area contributed by atoms with E-state index in [1.54, 1.807) is 18.5 Å². The van der Waals surface area contributed by atoms with Crippen LogP contribution in [0.4, 0.5) is 5.95 Å². The van der Waals surface area contributed by atoms with Gasteiger partial charge < -0.3 is 9.72 Å². The fourth-order valence-electron chi connectivity index (χ4n) is 4.39. The summed E-state index contributed by atoms with van der Waals surface area (Å²) in [5.41, 5.74) is 3.24. The van der Waals surface area contributed by atoms with Gasteiger partial charge in [0.05, 0.1) is 20.0 Å². The Kier molecular flexibility index (Phi) is 5.93. The van der Waals surface area contributed by atoms with Crippen LogP contribution in [0.1, 0.15) is 23.6 Å². The molecule has 0 fully saturated rings. The Bertz CT molecular complexity index is 1260. The molecule has 0 saturated heterocycles. The predicted molar refractivity (Wildman–Crippen MR) is 132 cm³/mol. The van der Waals surface area contributed by atoms with E-state index < -0.39 is 5.54 Å². The van der Waals surface area contributed by atoms with Crippen LogP contribution in [0.2, 0.25) is 0 Å². The molecule has 0 radical (unpaired) electrons. The minimum Gasteiger partial charge on any atom is -0.476 e. The zero-order valence-electron chi connectivity index (χ0n) is 19.1. The lowest BCUT2D eigenvalue weighted by Gasteiger charge is -2.43. The summed E-state index contributed by atoms with van der Waals surface area (Å²) in [5, 5.41) is 1.74. The molecule has 0 atom stereocenters. The van der Waals surface area contributed by atoms with Crippen molar-refractivity contribution < 1.29 is 9.57 Å². The summed E-state index contributed by atoms with van der Waals surface area (Å²) in [7, 11) is 1.63. The van der Waals surface area contributed by atoms with Gasteiger partial charge in [0, 0.05) is 0 Å². The largest absolute Gasteiger partial charge is 0.476 e. The number of anilines is 1. The van der Waals surface area contributed by atoms with Gasteiger partial charge in [-0.05, 0) is 23.6 Å². The van der Waals surface area contributed by atoms with Crippen LogP contribution in [0.25, 0.3) is 11.2 Å². The van der Waals surface area contributed by atoms with Gasteiger partial charge in [-0.3, -0.25) is 4.84 Å². The maximum absolute atomic E-state index is 6.14. The average molecular weight is 452 g/mol. The van der Waals surface area contributed by atoms with E-state index in [9.17, 15) is 0 Å². The van der Waals surface area contributed by atoms with Gasteiger partial charge in [-0.2, -0.15) is 15.0 Å². The van der Waals surface area contributed by atoms with Crippen molar-refractivity contribution in [1.29, 1.82) is 0 Å². The number of aromatic nitrogens is 4. The summed E-state index contributed by atoms with van der Waals surface area (Å²) in [4.78, 5) is 23.1. The molecule has 0 aliphatic carbocycles. The first-order chi connectivity index (χ1) is 16.8. The number of nitrogens with zero attached hydrogens (tertiary/aromatic N) is 4. The fourth-order valence-corrected chi connectivity index (χ4v) is 4.39. The summed E-state index contributed by atoms with van der Waals surface area (Å²) >= 11 is 0. The number of hydroxylamine groups is 1. The molecule has 7 heteroatoms. The normalized spacial score (nSPS) is 11.5. The van der Waals surface area contributed by atoms with E-state index in [-0.39, 0.29) is 0 Å². The first-order valence-electron chi connectivity index (χ1n) is 11.1. The topological polar surface area (TPSA) is 76.2 Å². The van der Waals surface area contributed by atoms with E-state index in [4.69, 9.17) is 19.5 Å². The van der Waals surface area contributed by atoms with Crippen molar-refractivity contribution in [2.75, 3.05) is 18.8 Å². The first-order valence-corrected chi connectivity index (χ1v) is 11.1. The number of imidazole rings is 1. The van der Waals surface area contributed by atoms with Crippen molar-refractivity contribution in [3.63, 3.8) is 0 Å². The van der Waals surface area contributed by atoms with Crippen LogP contribution in [-0.4, -0.2) is 33.7 Å². The molecule has 1 N–H and O–H groups in total. The monoisotopic (exact) mass is 451 g/mol. The maximum atomic E-state index is 6.14. The van der Waals surface area contributed by atoms with Crippen molar-refractivity contribution in [2.45, 2.75) is 12.5 Å². The van der Waals surface area contributed by atoms with Gasteiger partial charge >= 0.3 is 0 Å². The van der Waals surface area contributed by atoms with Crippen molar-refractivity contribution >= 4 is 17.1 Å². The van der Waals surface area contributed by atoms with Gasteiger partial charge in [0.1, 0.15) is 11.1 Å². The molecule has 0 unspecified atom stereocenters. The quantitative estimate of drug-likeness (QED) is 0.261. The Morgan fingerprint density at radius 3 is 1.79 bits per heavy atom. The molecule has 5 rings (SSSR count). The van der Waals surface area contributed by atoms with Gasteiger partial charge in [0.15, 0.2) is 5.65 Å². The molecule has 2 heterocycles. The fraction of sp³-hybridized carbons (Fsp3) is 0.148. The van der Waals surface area contributed by atoms with Crippen LogP contribution >= 0.6 is 0 Å². The number of benzene rings is 3. The molecule has 0 amide bonds. The second-order valence-electron chi connectivity index (χ2n) is 7.65. The first kappa shape index (κ1) is 21.6. The van der Waals surface area contributed by atoms with Crippen molar-refractivity contribution in [2.24, 2.45) is 0 Å². The van der Waals surface area contributed by atoms with Crippen LogP contribution in [-0.2, 0) is 10.4 Å². The van der Waals surface area contributed by atoms with Crippen LogP contribution in [0.3, 0.4) is 0 Å². The predicted octanol–water partition coefficient (Wildman–Crippen LogP) is 5.11. The van der Waals surface area contributed by atoms with E-state index in [1.165, 1.54) is 0 Å². The molecular formula is C27H25N5O2. The maximum Gasteiger partial charge on any atom is 0.256 e. The third kappa shape index (κ3) is 3.56. The lowest BCUT2D eigenvalue weighted by atomic mass is 9.76.